The molecule has 34 heavy (non-hydrogen) atoms. The smallest absolute Gasteiger partial charge is 1.00 e. The van der Waals surface area contributed by atoms with E-state index >= 15 is 0 Å². The molecule has 1 heterocycles. The van der Waals surface area contributed by atoms with Crippen molar-refractivity contribution in [3.63, 3.8) is 0 Å². The van der Waals surface area contributed by atoms with Gasteiger partial charge in [-0.15, -0.1) is 0 Å². The molecule has 0 aliphatic rings. The second-order valence-electron chi connectivity index (χ2n) is 7.45. The van der Waals surface area contributed by atoms with E-state index in [2.05, 4.69) is 20.9 Å². The Bertz CT molecular complexity index is 1010. The van der Waals surface area contributed by atoms with Crippen LogP contribution in [0, 0.1) is 17.0 Å². The Labute approximate surface area is 220 Å². The van der Waals surface area contributed by atoms with Gasteiger partial charge in [0.25, 0.3) is 5.69 Å². The Morgan fingerprint density at radius 1 is 1.18 bits per heavy atom. The molecule has 0 aliphatic heterocycles. The van der Waals surface area contributed by atoms with Gasteiger partial charge in [-0.25, -0.2) is 4.98 Å². The average Bonchev–Trinajstić information content (AvgIpc) is 2.77. The number of carbonyl (C=O) groups excluding carboxylic acids is 2. The molecule has 2 amide bonds. The van der Waals surface area contributed by atoms with Gasteiger partial charge in [0, 0.05) is 31.3 Å². The Morgan fingerprint density at radius 2 is 1.94 bits per heavy atom. The monoisotopic (exact) mass is 481 g/mol. The summed E-state index contributed by atoms with van der Waals surface area (Å²) in [4.78, 5) is 49.9. The van der Waals surface area contributed by atoms with E-state index in [-0.39, 0.29) is 55.5 Å². The molecule has 0 fully saturated rings. The van der Waals surface area contributed by atoms with Crippen molar-refractivity contribution in [3.8, 4) is 0 Å². The van der Waals surface area contributed by atoms with E-state index in [0.29, 0.717) is 18.5 Å². The summed E-state index contributed by atoms with van der Waals surface area (Å²) < 4.78 is 0. The Morgan fingerprint density at radius 3 is 2.62 bits per heavy atom. The third-order valence-electron chi connectivity index (χ3n) is 4.70. The van der Waals surface area contributed by atoms with Gasteiger partial charge in [-0.05, 0) is 43.0 Å². The summed E-state index contributed by atoms with van der Waals surface area (Å²) >= 11 is 0. The van der Waals surface area contributed by atoms with Crippen molar-refractivity contribution in [1.82, 2.24) is 15.6 Å². The summed E-state index contributed by atoms with van der Waals surface area (Å²) in [6.45, 7) is 2.31. The zero-order valence-corrected chi connectivity index (χ0v) is 21.2. The fourth-order valence-corrected chi connectivity index (χ4v) is 3.05. The number of aliphatic carboxylic acids is 1. The number of pyridine rings is 1. The minimum absolute atomic E-state index is 0. The third kappa shape index (κ3) is 10.7. The molecule has 11 nitrogen and oxygen atoms in total. The van der Waals surface area contributed by atoms with Gasteiger partial charge in [-0.1, -0.05) is 12.1 Å². The second-order valence-corrected chi connectivity index (χ2v) is 7.45. The Balaban J connectivity index is 0.00000578. The third-order valence-corrected chi connectivity index (χ3v) is 4.70. The molecule has 1 aromatic carbocycles. The van der Waals surface area contributed by atoms with Gasteiger partial charge < -0.3 is 22.5 Å². The quantitative estimate of drug-likeness (QED) is 0.128. The molecule has 12 heteroatoms. The van der Waals surface area contributed by atoms with Crippen LogP contribution in [0.5, 0.6) is 0 Å². The van der Waals surface area contributed by atoms with Crippen LogP contribution in [-0.2, 0) is 14.4 Å². The summed E-state index contributed by atoms with van der Waals surface area (Å²) in [7, 11) is 0. The number of nitro benzene ring substituents is 1. The number of benzene rings is 1. The maximum Gasteiger partial charge on any atom is 1.00 e. The molecule has 178 valence electrons. The molecule has 0 saturated carbocycles. The number of amides is 2. The molecule has 0 bridgehead atoms. The van der Waals surface area contributed by atoms with Crippen LogP contribution in [0.4, 0.5) is 11.5 Å². The van der Waals surface area contributed by atoms with Gasteiger partial charge in [0.15, 0.2) is 0 Å². The minimum atomic E-state index is -1.18. The molecule has 2 aromatic rings. The first-order valence-corrected chi connectivity index (χ1v) is 10.4. The summed E-state index contributed by atoms with van der Waals surface area (Å²) in [5, 5.41) is 28.3. The van der Waals surface area contributed by atoms with E-state index in [0.717, 1.165) is 17.8 Å². The van der Waals surface area contributed by atoms with Gasteiger partial charge in [-0.3, -0.25) is 24.5 Å². The number of non-ortho nitro benzene ring substituents is 1. The molecular weight excluding hydrogens is 453 g/mol. The number of nitrogens with one attached hydrogen (secondary N) is 3. The van der Waals surface area contributed by atoms with Crippen LogP contribution in [-0.4, -0.2) is 45.9 Å². The van der Waals surface area contributed by atoms with E-state index in [4.69, 9.17) is 5.11 Å². The number of hydrogen-bond donors (Lipinski definition) is 4. The Hall–Kier alpha value is -3.02. The van der Waals surface area contributed by atoms with Gasteiger partial charge >= 0.3 is 35.5 Å². The molecule has 0 aliphatic carbocycles. The van der Waals surface area contributed by atoms with Crippen LogP contribution in [0.3, 0.4) is 0 Å². The standard InChI is InChI=1S/C22H27N5O6.Na.H/c1-15-8-10-24-19(11-15)23-9-3-2-7-20(28)25-14-21(29)26-18(13-22(30)31)16-5-4-6-17(12-16)27(32)33;;/h4-6,8,10-12,18H,2-3,7,9,13-14H2,1H3,(H,23,24)(H,25,28)(H,26,29)(H,30,31);;/q;+1;-1. The number of aromatic nitrogens is 1. The molecule has 2 rings (SSSR count). The molecule has 4 N–H and O–H groups in total. The largest absolute Gasteiger partial charge is 1.00 e. The van der Waals surface area contributed by atoms with Crippen molar-refractivity contribution >= 4 is 29.3 Å². The fourth-order valence-electron chi connectivity index (χ4n) is 3.05. The minimum Gasteiger partial charge on any atom is -1.00 e. The summed E-state index contributed by atoms with van der Waals surface area (Å²) in [5.74, 6) is -1.29. The topological polar surface area (TPSA) is 164 Å². The van der Waals surface area contributed by atoms with E-state index in [9.17, 15) is 24.5 Å². The maximum atomic E-state index is 12.2. The number of carboxylic acids is 1. The van der Waals surface area contributed by atoms with Gasteiger partial charge in [0.05, 0.1) is 23.9 Å². The number of nitro groups is 1. The zero-order chi connectivity index (χ0) is 24.2. The van der Waals surface area contributed by atoms with Gasteiger partial charge in [0.2, 0.25) is 11.8 Å². The zero-order valence-electron chi connectivity index (χ0n) is 20.2. The first-order chi connectivity index (χ1) is 15.7. The number of carbonyl (C=O) groups is 3. The van der Waals surface area contributed by atoms with Crippen molar-refractivity contribution in [2.24, 2.45) is 0 Å². The first kappa shape index (κ1) is 29.0. The molecule has 0 saturated heterocycles. The van der Waals surface area contributed by atoms with Crippen molar-refractivity contribution < 1.29 is 55.4 Å². The normalized spacial score (nSPS) is 11.0. The maximum absolute atomic E-state index is 12.2. The van der Waals surface area contributed by atoms with Crippen molar-refractivity contribution in [3.05, 3.63) is 63.8 Å². The Kier molecular flexibility index (Phi) is 12.8. The van der Waals surface area contributed by atoms with Gasteiger partial charge in [-0.2, -0.15) is 0 Å². The fraction of sp³-hybridized carbons (Fsp3) is 0.364. The van der Waals surface area contributed by atoms with E-state index in [1.165, 1.54) is 24.3 Å². The number of rotatable bonds is 13. The molecule has 0 radical (unpaired) electrons. The van der Waals surface area contributed by atoms with Crippen molar-refractivity contribution in [2.45, 2.75) is 38.6 Å². The summed E-state index contributed by atoms with van der Waals surface area (Å²) in [6.07, 6.45) is 2.85. The van der Waals surface area contributed by atoms with Crippen LogP contribution in [0.2, 0.25) is 0 Å². The van der Waals surface area contributed by atoms with Crippen LogP contribution >= 0.6 is 0 Å². The number of unbranched alkanes of at least 4 members (excludes halogenated alkanes) is 1. The van der Waals surface area contributed by atoms with Crippen molar-refractivity contribution in [1.29, 1.82) is 0 Å². The first-order valence-electron chi connectivity index (χ1n) is 10.4. The van der Waals surface area contributed by atoms with Crippen LogP contribution < -0.4 is 45.5 Å². The molecule has 1 aromatic heterocycles. The number of nitrogens with zero attached hydrogens (tertiary/aromatic N) is 2. The van der Waals surface area contributed by atoms with E-state index < -0.39 is 29.3 Å². The summed E-state index contributed by atoms with van der Waals surface area (Å²) in [5.41, 5.74) is 1.18. The average molecular weight is 481 g/mol. The van der Waals surface area contributed by atoms with E-state index in [1.807, 2.05) is 19.1 Å². The molecule has 1 unspecified atom stereocenters. The summed E-state index contributed by atoms with van der Waals surface area (Å²) in [6, 6.07) is 8.27. The van der Waals surface area contributed by atoms with Crippen LogP contribution in [0.1, 0.15) is 44.3 Å². The molecular formula is C22H28N5NaO6. The SMILES string of the molecule is Cc1ccnc(NCCCCC(=O)NCC(=O)NC(CC(=O)O)c2cccc([N+](=O)[O-])c2)c1.[H-].[Na+]. The molecule has 0 spiro atoms. The van der Waals surface area contributed by atoms with Crippen LogP contribution in [0.15, 0.2) is 42.6 Å². The number of anilines is 1. The second kappa shape index (κ2) is 15.0. The number of aryl methyl sites for hydroxylation is 1. The predicted octanol–water partition coefficient (Wildman–Crippen LogP) is -0.555. The predicted molar refractivity (Wildman–Crippen MR) is 122 cm³/mol. The van der Waals surface area contributed by atoms with Crippen LogP contribution in [0.25, 0.3) is 0 Å². The van der Waals surface area contributed by atoms with Crippen molar-refractivity contribution in [2.75, 3.05) is 18.4 Å². The molecule has 1 atom stereocenters. The number of carboxylic acid groups (broad SMARTS) is 1. The van der Waals surface area contributed by atoms with E-state index in [1.54, 1.807) is 6.20 Å². The van der Waals surface area contributed by atoms with Gasteiger partial charge in [0.1, 0.15) is 5.82 Å². The number of hydrogen-bond acceptors (Lipinski definition) is 7.